The van der Waals surface area contributed by atoms with Crippen molar-refractivity contribution >= 4 is 0 Å². The van der Waals surface area contributed by atoms with Gasteiger partial charge in [-0.05, 0) is 46.0 Å². The number of hydrogen-bond acceptors (Lipinski definition) is 6. The first-order valence-corrected chi connectivity index (χ1v) is 7.01. The molecule has 0 spiro atoms. The Hall–Kier alpha value is -0.240. The molecule has 0 aromatic heterocycles. The van der Waals surface area contributed by atoms with E-state index in [0.29, 0.717) is 25.7 Å². The third kappa shape index (κ3) is 11.3. The van der Waals surface area contributed by atoms with Crippen LogP contribution in [0.25, 0.3) is 0 Å². The molecule has 4 unspecified atom stereocenters. The molecular weight excluding hydrogens is 246 g/mol. The molecule has 0 heterocycles. The monoisotopic (exact) mass is 277 g/mol. The van der Waals surface area contributed by atoms with Crippen LogP contribution in [0.5, 0.6) is 0 Å². The van der Waals surface area contributed by atoms with Crippen molar-refractivity contribution in [1.82, 2.24) is 0 Å². The lowest BCUT2D eigenvalue weighted by Gasteiger charge is -2.22. The van der Waals surface area contributed by atoms with E-state index in [2.05, 4.69) is 0 Å². The Morgan fingerprint density at radius 1 is 0.684 bits per heavy atom. The van der Waals surface area contributed by atoms with Crippen LogP contribution in [-0.2, 0) is 0 Å². The third-order valence-electron chi connectivity index (χ3n) is 3.01. The van der Waals surface area contributed by atoms with E-state index in [1.54, 1.807) is 6.92 Å². The Bertz CT molecular complexity index is 205. The van der Waals surface area contributed by atoms with E-state index in [1.807, 2.05) is 6.92 Å². The molecule has 6 nitrogen and oxygen atoms in total. The van der Waals surface area contributed by atoms with Crippen molar-refractivity contribution in [3.63, 3.8) is 0 Å². The second-order valence-corrected chi connectivity index (χ2v) is 5.83. The molecule has 0 aromatic carbocycles. The minimum Gasteiger partial charge on any atom is -0.393 e. The van der Waals surface area contributed by atoms with Gasteiger partial charge in [-0.1, -0.05) is 0 Å². The molecule has 0 bridgehead atoms. The van der Waals surface area contributed by atoms with Crippen molar-refractivity contribution in [2.75, 3.05) is 0 Å². The molecule has 6 heteroatoms. The molecule has 0 aliphatic carbocycles. The maximum Gasteiger partial charge on any atom is 0.0579 e. The normalized spacial score (nSPS) is 21.5. The van der Waals surface area contributed by atoms with Crippen LogP contribution in [0.4, 0.5) is 0 Å². The second-order valence-electron chi connectivity index (χ2n) is 5.83. The van der Waals surface area contributed by atoms with Crippen LogP contribution in [0.15, 0.2) is 0 Å². The molecule has 0 aliphatic heterocycles. The summed E-state index contributed by atoms with van der Waals surface area (Å²) in [6.07, 6.45) is 0.483. The van der Waals surface area contributed by atoms with E-state index < -0.39 is 18.3 Å². The van der Waals surface area contributed by atoms with Gasteiger partial charge in [-0.2, -0.15) is 0 Å². The van der Waals surface area contributed by atoms with Gasteiger partial charge in [-0.25, -0.2) is 0 Å². The van der Waals surface area contributed by atoms with Gasteiger partial charge in [0.05, 0.1) is 18.3 Å². The summed E-state index contributed by atoms with van der Waals surface area (Å²) in [4.78, 5) is 0. The smallest absolute Gasteiger partial charge is 0.0579 e. The Kier molecular flexibility index (Phi) is 9.51. The number of nitrogens with two attached hydrogens (primary N) is 3. The predicted molar refractivity (Wildman–Crippen MR) is 76.4 cm³/mol. The fourth-order valence-corrected chi connectivity index (χ4v) is 2.30. The lowest BCUT2D eigenvalue weighted by Crippen LogP contribution is -2.36. The summed E-state index contributed by atoms with van der Waals surface area (Å²) in [6.45, 7) is 3.50. The average molecular weight is 277 g/mol. The molecule has 0 aromatic rings. The highest BCUT2D eigenvalue weighted by Crippen LogP contribution is 2.12. The third-order valence-corrected chi connectivity index (χ3v) is 3.01. The van der Waals surface area contributed by atoms with E-state index in [4.69, 9.17) is 17.2 Å². The number of aliphatic hydroxyl groups is 3. The van der Waals surface area contributed by atoms with Crippen LogP contribution >= 0.6 is 0 Å². The molecule has 116 valence electrons. The SMILES string of the molecule is C[C@H](N)CC(O)CC(O)CC(N)CC(N)C[C@@H](C)O. The number of rotatable bonds is 10. The topological polar surface area (TPSA) is 139 Å². The van der Waals surface area contributed by atoms with Crippen LogP contribution in [0.1, 0.15) is 46.0 Å². The van der Waals surface area contributed by atoms with E-state index in [-0.39, 0.29) is 24.5 Å². The van der Waals surface area contributed by atoms with E-state index in [0.717, 1.165) is 0 Å². The molecule has 9 N–H and O–H groups in total. The first kappa shape index (κ1) is 18.8. The Morgan fingerprint density at radius 3 is 1.63 bits per heavy atom. The molecule has 0 rings (SSSR count). The first-order chi connectivity index (χ1) is 8.70. The Morgan fingerprint density at radius 2 is 1.16 bits per heavy atom. The highest BCUT2D eigenvalue weighted by Gasteiger charge is 2.18. The standard InChI is InChI=1S/C13H31N3O3/c1-8(14)3-12(18)7-13(19)6-11(16)5-10(15)4-9(2)17/h8-13,17-19H,3-7,14-16H2,1-2H3/t8-,9+,10?,11?,12?,13?/m0/s1. The van der Waals surface area contributed by atoms with Crippen molar-refractivity contribution in [2.24, 2.45) is 17.2 Å². The Labute approximate surface area is 116 Å². The van der Waals surface area contributed by atoms with Crippen molar-refractivity contribution in [3.8, 4) is 0 Å². The van der Waals surface area contributed by atoms with Crippen LogP contribution in [-0.4, -0.2) is 51.8 Å². The van der Waals surface area contributed by atoms with Gasteiger partial charge in [0.25, 0.3) is 0 Å². The fourth-order valence-electron chi connectivity index (χ4n) is 2.30. The van der Waals surface area contributed by atoms with Crippen molar-refractivity contribution in [2.45, 2.75) is 82.4 Å². The molecule has 0 saturated heterocycles. The molecule has 0 radical (unpaired) electrons. The zero-order chi connectivity index (χ0) is 15.0. The van der Waals surface area contributed by atoms with Gasteiger partial charge in [-0.3, -0.25) is 0 Å². The molecule has 0 fully saturated rings. The predicted octanol–water partition coefficient (Wildman–Crippen LogP) is -0.959. The number of aliphatic hydroxyl groups excluding tert-OH is 3. The quantitative estimate of drug-likeness (QED) is 0.304. The summed E-state index contributed by atoms with van der Waals surface area (Å²) in [7, 11) is 0. The molecule has 0 amide bonds. The van der Waals surface area contributed by atoms with Crippen LogP contribution < -0.4 is 17.2 Å². The zero-order valence-corrected chi connectivity index (χ0v) is 12.1. The van der Waals surface area contributed by atoms with E-state index in [9.17, 15) is 15.3 Å². The van der Waals surface area contributed by atoms with E-state index >= 15 is 0 Å². The molecule has 0 saturated carbocycles. The summed E-state index contributed by atoms with van der Waals surface area (Å²) < 4.78 is 0. The summed E-state index contributed by atoms with van der Waals surface area (Å²) in [6, 6.07) is -0.488. The maximum atomic E-state index is 9.83. The van der Waals surface area contributed by atoms with Gasteiger partial charge in [-0.15, -0.1) is 0 Å². The average Bonchev–Trinajstić information content (AvgIpc) is 2.12. The maximum absolute atomic E-state index is 9.83. The highest BCUT2D eigenvalue weighted by molar-refractivity contribution is 4.77. The van der Waals surface area contributed by atoms with Gasteiger partial charge in [0.15, 0.2) is 0 Å². The summed E-state index contributed by atoms with van der Waals surface area (Å²) in [5.41, 5.74) is 17.3. The minimum atomic E-state index is -0.650. The van der Waals surface area contributed by atoms with Crippen LogP contribution in [0.3, 0.4) is 0 Å². The summed E-state index contributed by atoms with van der Waals surface area (Å²) in [5, 5.41) is 28.7. The summed E-state index contributed by atoms with van der Waals surface area (Å²) in [5.74, 6) is 0. The second kappa shape index (κ2) is 9.63. The zero-order valence-electron chi connectivity index (χ0n) is 12.1. The van der Waals surface area contributed by atoms with Gasteiger partial charge in [0, 0.05) is 18.1 Å². The molecule has 19 heavy (non-hydrogen) atoms. The summed E-state index contributed by atoms with van der Waals surface area (Å²) >= 11 is 0. The minimum absolute atomic E-state index is 0.0877. The highest BCUT2D eigenvalue weighted by atomic mass is 16.3. The van der Waals surface area contributed by atoms with Gasteiger partial charge < -0.3 is 32.5 Å². The van der Waals surface area contributed by atoms with Gasteiger partial charge in [0.2, 0.25) is 0 Å². The molecule has 0 aliphatic rings. The number of hydrogen-bond donors (Lipinski definition) is 6. The van der Waals surface area contributed by atoms with Crippen molar-refractivity contribution in [3.05, 3.63) is 0 Å². The fraction of sp³-hybridized carbons (Fsp3) is 1.00. The molecule has 6 atom stereocenters. The lowest BCUT2D eigenvalue weighted by atomic mass is 9.96. The van der Waals surface area contributed by atoms with Crippen LogP contribution in [0, 0.1) is 0 Å². The Balaban J connectivity index is 3.88. The first-order valence-electron chi connectivity index (χ1n) is 7.01. The van der Waals surface area contributed by atoms with Gasteiger partial charge >= 0.3 is 0 Å². The van der Waals surface area contributed by atoms with E-state index in [1.165, 1.54) is 0 Å². The van der Waals surface area contributed by atoms with Gasteiger partial charge in [0.1, 0.15) is 0 Å². The van der Waals surface area contributed by atoms with Crippen LogP contribution in [0.2, 0.25) is 0 Å². The lowest BCUT2D eigenvalue weighted by molar-refractivity contribution is 0.0635. The largest absolute Gasteiger partial charge is 0.393 e. The van der Waals surface area contributed by atoms with Crippen molar-refractivity contribution < 1.29 is 15.3 Å². The van der Waals surface area contributed by atoms with Crippen molar-refractivity contribution in [1.29, 1.82) is 0 Å². The molecular formula is C13H31N3O3.